The fourth-order valence-electron chi connectivity index (χ4n) is 12.5. The predicted molar refractivity (Wildman–Crippen MR) is 381 cm³/mol. The van der Waals surface area contributed by atoms with Gasteiger partial charge < -0.3 is 67.6 Å². The first kappa shape index (κ1) is 69.7. The molecule has 23 nitrogen and oxygen atoms in total. The van der Waals surface area contributed by atoms with Gasteiger partial charge in [0.2, 0.25) is 11.5 Å². The summed E-state index contributed by atoms with van der Waals surface area (Å²) in [6.07, 6.45) is 15.2. The molecule has 102 heavy (non-hydrogen) atoms. The molecule has 2 amide bonds. The summed E-state index contributed by atoms with van der Waals surface area (Å²) in [7, 11) is 2.76. The normalized spacial score (nSPS) is 14.3. The molecule has 8 heterocycles. The number of hydrogen-bond donors (Lipinski definition) is 2. The van der Waals surface area contributed by atoms with Gasteiger partial charge in [-0.15, -0.1) is 0 Å². The zero-order valence-corrected chi connectivity index (χ0v) is 57.3. The van der Waals surface area contributed by atoms with Crippen LogP contribution >= 0.6 is 23.2 Å². The van der Waals surface area contributed by atoms with E-state index in [4.69, 9.17) is 65.8 Å². The lowest BCUT2D eigenvalue weighted by Gasteiger charge is -2.26. The minimum absolute atomic E-state index is 0.0667. The number of halogens is 4. The van der Waals surface area contributed by atoms with Crippen LogP contribution in [0.1, 0.15) is 72.1 Å². The zero-order chi connectivity index (χ0) is 70.8. The van der Waals surface area contributed by atoms with Gasteiger partial charge in [-0.05, 0) is 156 Å². The largest absolute Gasteiger partial charge is 0.496 e. The number of anilines is 2. The first-order valence-electron chi connectivity index (χ1n) is 33.5. The topological polar surface area (TPSA) is 240 Å². The van der Waals surface area contributed by atoms with Crippen molar-refractivity contribution in [2.75, 3.05) is 96.7 Å². The molecule has 0 radical (unpaired) electrons. The number of benzene rings is 6. The number of carbonyl (C=O) groups excluding carboxylic acids is 2. The van der Waals surface area contributed by atoms with Crippen LogP contribution in [-0.2, 0) is 7.05 Å². The Kier molecular flexibility index (Phi) is 21.8. The summed E-state index contributed by atoms with van der Waals surface area (Å²) in [5, 5.41) is 6.84. The Morgan fingerprint density at radius 1 is 0.539 bits per heavy atom. The molecule has 27 heteroatoms. The van der Waals surface area contributed by atoms with Crippen molar-refractivity contribution in [2.24, 2.45) is 7.05 Å². The minimum Gasteiger partial charge on any atom is -0.496 e. The third kappa shape index (κ3) is 15.7. The number of amides is 2. The van der Waals surface area contributed by atoms with Crippen LogP contribution in [0.5, 0.6) is 63.2 Å². The Balaban J connectivity index is 0.000000182. The van der Waals surface area contributed by atoms with Crippen molar-refractivity contribution in [3.05, 3.63) is 204 Å². The molecule has 10 aromatic rings. The Morgan fingerprint density at radius 2 is 1.01 bits per heavy atom. The lowest BCUT2D eigenvalue weighted by atomic mass is 10.1. The van der Waals surface area contributed by atoms with Crippen molar-refractivity contribution < 1.29 is 61.0 Å². The number of rotatable bonds is 21. The van der Waals surface area contributed by atoms with E-state index >= 15 is 0 Å². The molecule has 2 N–H and O–H groups in total. The molecule has 0 aliphatic carbocycles. The van der Waals surface area contributed by atoms with E-state index < -0.39 is 40.3 Å². The molecule has 0 saturated carbocycles. The minimum atomic E-state index is -0.872. The number of likely N-dealkylation sites (tertiary alicyclic amines) is 2. The van der Waals surface area contributed by atoms with Gasteiger partial charge in [-0.3, -0.25) is 33.7 Å². The van der Waals surface area contributed by atoms with Crippen LogP contribution in [0.25, 0.3) is 33.2 Å². The first-order valence-corrected chi connectivity index (χ1v) is 34.3. The molecule has 14 rings (SSSR count). The van der Waals surface area contributed by atoms with Crippen molar-refractivity contribution in [1.29, 1.82) is 0 Å². The highest BCUT2D eigenvalue weighted by Gasteiger charge is 2.29. The monoisotopic (exact) mass is 1430 g/mol. The molecule has 0 spiro atoms. The summed E-state index contributed by atoms with van der Waals surface area (Å²) in [6, 6.07) is 28.1. The average Bonchev–Trinajstić information content (AvgIpc) is 0.767. The number of hydrogen-bond acceptors (Lipinski definition) is 18. The Labute approximate surface area is 593 Å². The van der Waals surface area contributed by atoms with E-state index in [1.807, 2.05) is 12.1 Å². The Hall–Kier alpha value is -10.7. The van der Waals surface area contributed by atoms with Gasteiger partial charge in [0, 0.05) is 74.9 Å². The maximum Gasteiger partial charge on any atom is 0.335 e. The van der Waals surface area contributed by atoms with Crippen LogP contribution in [0.3, 0.4) is 0 Å². The van der Waals surface area contributed by atoms with Gasteiger partial charge >= 0.3 is 5.69 Å². The van der Waals surface area contributed by atoms with Crippen LogP contribution < -0.4 is 70.1 Å². The highest BCUT2D eigenvalue weighted by molar-refractivity contribution is 6.34. The SMILES string of the molecule is COc1ccn(-c2ccc(F)cc2)c(=O)c1C(=O)Nc1ccc(Oc2ccnc3cc(OCCCN4CCCCC4)c4c(c23)OCCO4)cc1Cl.Cn1cc(C(=O)Nc2ccc(Oc3ccnc4cc(OCCCN5CCCCC5)c5c(c34)OCCO5)cc2Cl)c(=O)n(-c2ccc(F)cc2)c1=O. The lowest BCUT2D eigenvalue weighted by Crippen LogP contribution is -2.41. The highest BCUT2D eigenvalue weighted by Crippen LogP contribution is 2.50. The second-order valence-corrected chi connectivity index (χ2v) is 25.2. The maximum absolute atomic E-state index is 13.5. The molecule has 0 atom stereocenters. The summed E-state index contributed by atoms with van der Waals surface area (Å²) in [5.41, 5.74) is -0.646. The highest BCUT2D eigenvalue weighted by atomic mass is 35.5. The van der Waals surface area contributed by atoms with E-state index in [2.05, 4.69) is 30.4 Å². The standard InChI is InChI=1S/C38H36ClFN4O7.C37H35ClFN5O7/c1-47-30-13-18-44(25-8-6-24(40)7-9-25)38(46)34(30)37(45)42-28-11-10-26(22-27(28)39)51-31-12-14-41-29-23-32(35-36(33(29)31)50-21-20-49-35)48-19-5-17-43-15-3-2-4-16-43;1-42-22-26(36(46)44(37(42)47)24-8-6-23(39)7-9-24)35(45)41-28-11-10-25(20-27(28)38)51-30-12-13-40-29-21-31(33-34(32(29)30)50-19-18-49-33)48-17-5-16-43-14-3-2-4-15-43/h6-14,18,22-23H,2-5,15-17,19-21H2,1H3,(H,42,45);6-13,20-22H,2-5,14-19H2,1H3,(H,41,45). The summed E-state index contributed by atoms with van der Waals surface area (Å²) in [5.74, 6) is 2.29. The third-order valence-corrected chi connectivity index (χ3v) is 18.2. The number of aromatic nitrogens is 5. The molecule has 4 aliphatic rings. The van der Waals surface area contributed by atoms with Gasteiger partial charge in [0.25, 0.3) is 22.9 Å². The van der Waals surface area contributed by atoms with Gasteiger partial charge in [0.1, 0.15) is 77.9 Å². The predicted octanol–water partition coefficient (Wildman–Crippen LogP) is 13.2. The number of piperidine rings is 2. The first-order chi connectivity index (χ1) is 49.7. The van der Waals surface area contributed by atoms with Crippen molar-refractivity contribution >= 4 is 68.2 Å². The van der Waals surface area contributed by atoms with E-state index in [0.717, 1.165) is 79.6 Å². The van der Waals surface area contributed by atoms with Crippen LogP contribution in [0.2, 0.25) is 10.0 Å². The third-order valence-electron chi connectivity index (χ3n) is 17.6. The van der Waals surface area contributed by atoms with E-state index in [1.54, 1.807) is 48.8 Å². The molecule has 4 aliphatic heterocycles. The van der Waals surface area contributed by atoms with Gasteiger partial charge in [-0.2, -0.15) is 0 Å². The second kappa shape index (κ2) is 31.9. The summed E-state index contributed by atoms with van der Waals surface area (Å²) in [6.45, 7) is 9.07. The number of carbonyl (C=O) groups is 2. The fraction of sp³-hybridized carbons (Fsp3) is 0.293. The summed E-state index contributed by atoms with van der Waals surface area (Å²) in [4.78, 5) is 80.3. The Bertz CT molecular complexity index is 4950. The molecular formula is C75H71Cl2F2N9O14. The number of aryl methyl sites for hydroxylation is 1. The molecule has 6 aromatic carbocycles. The number of ether oxygens (including phenoxy) is 9. The number of pyridine rings is 3. The number of nitrogens with zero attached hydrogens (tertiary/aromatic N) is 7. The Morgan fingerprint density at radius 3 is 1.49 bits per heavy atom. The quantitative estimate of drug-likeness (QED) is 0.0636. The number of methoxy groups -OCH3 is 1. The maximum atomic E-state index is 13.5. The van der Waals surface area contributed by atoms with Crippen molar-refractivity contribution in [3.8, 4) is 74.6 Å². The molecule has 4 aromatic heterocycles. The van der Waals surface area contributed by atoms with Crippen molar-refractivity contribution in [1.82, 2.24) is 33.5 Å². The average molecular weight is 1430 g/mol. The van der Waals surface area contributed by atoms with Gasteiger partial charge in [0.05, 0.1) is 69.2 Å². The van der Waals surface area contributed by atoms with Crippen LogP contribution in [0, 0.1) is 11.6 Å². The number of nitrogens with one attached hydrogen (secondary N) is 2. The fourth-order valence-corrected chi connectivity index (χ4v) is 13.0. The van der Waals surface area contributed by atoms with Gasteiger partial charge in [-0.25, -0.2) is 18.1 Å². The lowest BCUT2D eigenvalue weighted by molar-refractivity contribution is 0.101. The van der Waals surface area contributed by atoms with E-state index in [0.29, 0.717) is 125 Å². The van der Waals surface area contributed by atoms with Gasteiger partial charge in [-0.1, -0.05) is 36.0 Å². The van der Waals surface area contributed by atoms with Crippen molar-refractivity contribution in [2.45, 2.75) is 51.4 Å². The molecule has 0 unspecified atom stereocenters. The second-order valence-electron chi connectivity index (χ2n) is 24.4. The van der Waals surface area contributed by atoms with Crippen LogP contribution in [-0.4, -0.2) is 131 Å². The smallest absolute Gasteiger partial charge is 0.335 e. The van der Waals surface area contributed by atoms with Crippen LogP contribution in [0.4, 0.5) is 20.2 Å². The van der Waals surface area contributed by atoms with Crippen molar-refractivity contribution in [3.63, 3.8) is 0 Å². The molecule has 528 valence electrons. The number of fused-ring (bicyclic) bond motifs is 6. The zero-order valence-electron chi connectivity index (χ0n) is 55.8. The molecule has 2 saturated heterocycles. The summed E-state index contributed by atoms with van der Waals surface area (Å²) >= 11 is 13.2. The molecule has 2 fully saturated rings. The van der Waals surface area contributed by atoms with Crippen LogP contribution in [0.15, 0.2) is 154 Å². The molecule has 0 bridgehead atoms. The van der Waals surface area contributed by atoms with Gasteiger partial charge in [0.15, 0.2) is 23.0 Å². The molecular weight excluding hydrogens is 1360 g/mol. The summed E-state index contributed by atoms with van der Waals surface area (Å²) < 4.78 is 84.6. The van der Waals surface area contributed by atoms with E-state index in [9.17, 15) is 32.8 Å². The van der Waals surface area contributed by atoms with E-state index in [1.165, 1.54) is 118 Å². The van der Waals surface area contributed by atoms with E-state index in [-0.39, 0.29) is 44.0 Å².